The van der Waals surface area contributed by atoms with Gasteiger partial charge in [-0.05, 0) is 43.3 Å². The average Bonchev–Trinajstić information content (AvgIpc) is 2.67. The third-order valence-corrected chi connectivity index (χ3v) is 6.20. The Morgan fingerprint density at radius 2 is 1.78 bits per heavy atom. The van der Waals surface area contributed by atoms with Crippen molar-refractivity contribution in [3.8, 4) is 11.5 Å². The zero-order chi connectivity index (χ0) is 19.4. The molecule has 0 aromatic heterocycles. The van der Waals surface area contributed by atoms with Crippen LogP contribution >= 0.6 is 15.9 Å². The second-order valence-electron chi connectivity index (χ2n) is 5.79. The van der Waals surface area contributed by atoms with Crippen molar-refractivity contribution in [3.05, 3.63) is 46.9 Å². The predicted octanol–water partition coefficient (Wildman–Crippen LogP) is 3.02. The average molecular weight is 455 g/mol. The van der Waals surface area contributed by atoms with Gasteiger partial charge in [-0.3, -0.25) is 9.10 Å². The first-order valence-corrected chi connectivity index (χ1v) is 10.7. The van der Waals surface area contributed by atoms with Gasteiger partial charge in [0.2, 0.25) is 15.9 Å². The van der Waals surface area contributed by atoms with Gasteiger partial charge in [0.05, 0.1) is 11.4 Å². The molecule has 0 bridgehead atoms. The third kappa shape index (κ3) is 4.72. The van der Waals surface area contributed by atoms with Crippen LogP contribution in [0.1, 0.15) is 6.92 Å². The van der Waals surface area contributed by atoms with Crippen molar-refractivity contribution in [2.24, 2.45) is 0 Å². The lowest BCUT2D eigenvalue weighted by molar-refractivity contribution is -0.114. The first-order chi connectivity index (χ1) is 12.9. The van der Waals surface area contributed by atoms with Crippen molar-refractivity contribution in [3.63, 3.8) is 0 Å². The standard InChI is InChI=1S/C18H19BrN2O5S/c1-2-27(23,24)21(12-18(22)20-14-5-3-13(19)4-6-14)15-7-8-16-17(11-15)26-10-9-25-16/h3-8,11H,2,9-10,12H2,1H3,(H,20,22). The molecule has 27 heavy (non-hydrogen) atoms. The number of anilines is 2. The van der Waals surface area contributed by atoms with Gasteiger partial charge in [-0.15, -0.1) is 0 Å². The van der Waals surface area contributed by atoms with Crippen LogP contribution in [0.5, 0.6) is 11.5 Å². The molecule has 0 radical (unpaired) electrons. The molecule has 144 valence electrons. The summed E-state index contributed by atoms with van der Waals surface area (Å²) in [7, 11) is -3.67. The number of amides is 1. The molecule has 3 rings (SSSR count). The van der Waals surface area contributed by atoms with Gasteiger partial charge in [0.15, 0.2) is 11.5 Å². The summed E-state index contributed by atoms with van der Waals surface area (Å²) < 4.78 is 38.1. The highest BCUT2D eigenvalue weighted by Gasteiger charge is 2.25. The molecule has 0 saturated carbocycles. The highest BCUT2D eigenvalue weighted by atomic mass is 79.9. The molecule has 7 nitrogen and oxygen atoms in total. The second-order valence-corrected chi connectivity index (χ2v) is 8.89. The molecule has 0 atom stereocenters. The maximum Gasteiger partial charge on any atom is 0.245 e. The number of ether oxygens (including phenoxy) is 2. The van der Waals surface area contributed by atoms with Gasteiger partial charge in [-0.25, -0.2) is 8.42 Å². The van der Waals surface area contributed by atoms with Gasteiger partial charge in [0, 0.05) is 16.2 Å². The van der Waals surface area contributed by atoms with E-state index < -0.39 is 15.9 Å². The maximum absolute atomic E-state index is 12.6. The number of halogens is 1. The number of sulfonamides is 1. The minimum atomic E-state index is -3.67. The molecule has 1 amide bonds. The minimum absolute atomic E-state index is 0.132. The van der Waals surface area contributed by atoms with E-state index in [9.17, 15) is 13.2 Å². The Hall–Kier alpha value is -2.26. The summed E-state index contributed by atoms with van der Waals surface area (Å²) in [6.07, 6.45) is 0. The number of hydrogen-bond acceptors (Lipinski definition) is 5. The van der Waals surface area contributed by atoms with E-state index in [0.29, 0.717) is 36.1 Å². The monoisotopic (exact) mass is 454 g/mol. The quantitative estimate of drug-likeness (QED) is 0.724. The molecule has 2 aromatic carbocycles. The Morgan fingerprint density at radius 3 is 2.44 bits per heavy atom. The number of fused-ring (bicyclic) bond motifs is 1. The topological polar surface area (TPSA) is 84.9 Å². The summed E-state index contributed by atoms with van der Waals surface area (Å²) in [6.45, 7) is 2.03. The van der Waals surface area contributed by atoms with E-state index in [0.717, 1.165) is 8.78 Å². The number of rotatable bonds is 6. The number of hydrogen-bond donors (Lipinski definition) is 1. The van der Waals surface area contributed by atoms with Crippen LogP contribution in [0.25, 0.3) is 0 Å². The van der Waals surface area contributed by atoms with Crippen molar-refractivity contribution in [1.82, 2.24) is 0 Å². The van der Waals surface area contributed by atoms with E-state index in [1.54, 1.807) is 42.5 Å². The summed E-state index contributed by atoms with van der Waals surface area (Å²) in [5, 5.41) is 2.71. The number of carbonyl (C=O) groups is 1. The number of nitrogens with one attached hydrogen (secondary N) is 1. The molecule has 0 spiro atoms. The van der Waals surface area contributed by atoms with E-state index in [1.807, 2.05) is 0 Å². The van der Waals surface area contributed by atoms with Crippen LogP contribution in [-0.2, 0) is 14.8 Å². The highest BCUT2D eigenvalue weighted by Crippen LogP contribution is 2.34. The van der Waals surface area contributed by atoms with Gasteiger partial charge in [0.1, 0.15) is 19.8 Å². The molecular formula is C18H19BrN2O5S. The van der Waals surface area contributed by atoms with Crippen LogP contribution in [0, 0.1) is 0 Å². The minimum Gasteiger partial charge on any atom is -0.486 e. The van der Waals surface area contributed by atoms with Crippen LogP contribution in [-0.4, -0.2) is 39.8 Å². The fraction of sp³-hybridized carbons (Fsp3) is 0.278. The molecule has 9 heteroatoms. The Balaban J connectivity index is 1.83. The summed E-state index contributed by atoms with van der Waals surface area (Å²) >= 11 is 3.33. The van der Waals surface area contributed by atoms with Crippen LogP contribution < -0.4 is 19.1 Å². The Morgan fingerprint density at radius 1 is 1.11 bits per heavy atom. The summed E-state index contributed by atoms with van der Waals surface area (Å²) in [5.41, 5.74) is 0.936. The van der Waals surface area contributed by atoms with Crippen LogP contribution in [0.4, 0.5) is 11.4 Å². The molecular weight excluding hydrogens is 436 g/mol. The summed E-state index contributed by atoms with van der Waals surface area (Å²) in [6, 6.07) is 11.9. The van der Waals surface area contributed by atoms with Crippen molar-refractivity contribution >= 4 is 43.2 Å². The number of carbonyl (C=O) groups excluding carboxylic acids is 1. The van der Waals surface area contributed by atoms with Crippen LogP contribution in [0.3, 0.4) is 0 Å². The van der Waals surface area contributed by atoms with E-state index in [-0.39, 0.29) is 12.3 Å². The molecule has 2 aromatic rings. The Labute approximate surface area is 166 Å². The van der Waals surface area contributed by atoms with Crippen molar-refractivity contribution < 1.29 is 22.7 Å². The molecule has 1 heterocycles. The fourth-order valence-electron chi connectivity index (χ4n) is 2.56. The fourth-order valence-corrected chi connectivity index (χ4v) is 3.88. The second kappa shape index (κ2) is 8.18. The SMILES string of the molecule is CCS(=O)(=O)N(CC(=O)Nc1ccc(Br)cc1)c1ccc2c(c1)OCCO2. The van der Waals surface area contributed by atoms with Gasteiger partial charge in [-0.2, -0.15) is 0 Å². The zero-order valence-corrected chi connectivity index (χ0v) is 17.0. The molecule has 1 aliphatic heterocycles. The van der Waals surface area contributed by atoms with E-state index in [1.165, 1.54) is 6.92 Å². The van der Waals surface area contributed by atoms with E-state index in [4.69, 9.17) is 9.47 Å². The van der Waals surface area contributed by atoms with Crippen LogP contribution in [0.15, 0.2) is 46.9 Å². The maximum atomic E-state index is 12.6. The van der Waals surface area contributed by atoms with Gasteiger partial charge in [0.25, 0.3) is 0 Å². The number of nitrogens with zero attached hydrogens (tertiary/aromatic N) is 1. The normalized spacial score (nSPS) is 13.1. The molecule has 0 saturated heterocycles. The molecule has 1 aliphatic rings. The molecule has 0 fully saturated rings. The highest BCUT2D eigenvalue weighted by molar-refractivity contribution is 9.10. The molecule has 0 unspecified atom stereocenters. The Bertz CT molecular complexity index is 931. The lowest BCUT2D eigenvalue weighted by Crippen LogP contribution is -2.39. The van der Waals surface area contributed by atoms with Crippen molar-refractivity contribution in [2.45, 2.75) is 6.92 Å². The first-order valence-electron chi connectivity index (χ1n) is 8.34. The van der Waals surface area contributed by atoms with Gasteiger partial charge in [-0.1, -0.05) is 15.9 Å². The van der Waals surface area contributed by atoms with Crippen LogP contribution in [0.2, 0.25) is 0 Å². The van der Waals surface area contributed by atoms with E-state index >= 15 is 0 Å². The zero-order valence-electron chi connectivity index (χ0n) is 14.6. The van der Waals surface area contributed by atoms with Crippen molar-refractivity contribution in [2.75, 3.05) is 35.1 Å². The van der Waals surface area contributed by atoms with E-state index in [2.05, 4.69) is 21.2 Å². The summed E-state index contributed by atoms with van der Waals surface area (Å²) in [4.78, 5) is 12.4. The van der Waals surface area contributed by atoms with Gasteiger partial charge < -0.3 is 14.8 Å². The molecule has 1 N–H and O–H groups in total. The summed E-state index contributed by atoms with van der Waals surface area (Å²) in [5.74, 6) is 0.443. The first kappa shape index (κ1) is 19.5. The third-order valence-electron chi connectivity index (χ3n) is 3.93. The Kier molecular flexibility index (Phi) is 5.91. The molecule has 0 aliphatic carbocycles. The predicted molar refractivity (Wildman–Crippen MR) is 107 cm³/mol. The van der Waals surface area contributed by atoms with Gasteiger partial charge >= 0.3 is 0 Å². The smallest absolute Gasteiger partial charge is 0.245 e. The van der Waals surface area contributed by atoms with Crippen molar-refractivity contribution in [1.29, 1.82) is 0 Å². The lowest BCUT2D eigenvalue weighted by atomic mass is 10.2. The largest absolute Gasteiger partial charge is 0.486 e. The lowest BCUT2D eigenvalue weighted by Gasteiger charge is -2.25. The number of benzene rings is 2.